The van der Waals surface area contributed by atoms with Crippen LogP contribution in [0, 0.1) is 0 Å². The van der Waals surface area contributed by atoms with Gasteiger partial charge in [0.2, 0.25) is 0 Å². The fourth-order valence-corrected chi connectivity index (χ4v) is 5.55. The zero-order valence-corrected chi connectivity index (χ0v) is 19.6. The lowest BCUT2D eigenvalue weighted by molar-refractivity contribution is 0.0878. The van der Waals surface area contributed by atoms with Crippen LogP contribution in [0.4, 0.5) is 5.69 Å². The number of β-amino-alcohol motifs (C(OH)–C–C–N with tert-alkyl or cyclic N) is 1. The fraction of sp³-hybridized carbons (Fsp3) is 0.481. The number of rotatable bonds is 6. The summed E-state index contributed by atoms with van der Waals surface area (Å²) in [5, 5.41) is 16.7. The number of aromatic nitrogens is 2. The van der Waals surface area contributed by atoms with Crippen LogP contribution in [-0.2, 0) is 19.5 Å². The van der Waals surface area contributed by atoms with Crippen molar-refractivity contribution in [3.63, 3.8) is 0 Å². The van der Waals surface area contributed by atoms with E-state index in [2.05, 4.69) is 56.2 Å². The van der Waals surface area contributed by atoms with Gasteiger partial charge in [-0.1, -0.05) is 24.3 Å². The molecule has 0 unspecified atom stereocenters. The number of hydrogen-bond donors (Lipinski definition) is 1. The number of hydrogen-bond acceptors (Lipinski definition) is 6. The largest absolute Gasteiger partial charge is 0.390 e. The van der Waals surface area contributed by atoms with Crippen LogP contribution in [0.3, 0.4) is 0 Å². The summed E-state index contributed by atoms with van der Waals surface area (Å²) in [5.41, 5.74) is 3.74. The number of nitrogens with zero attached hydrogens (tertiary/aromatic N) is 5. The first-order chi connectivity index (χ1) is 16.6. The molecule has 1 aromatic heterocycles. The molecule has 6 rings (SSSR count). The number of piperazine rings is 1. The molecule has 3 aromatic rings. The highest BCUT2D eigenvalue weighted by Crippen LogP contribution is 2.29. The molecule has 0 amide bonds. The van der Waals surface area contributed by atoms with E-state index in [1.807, 2.05) is 6.07 Å². The molecule has 1 atom stereocenters. The van der Waals surface area contributed by atoms with E-state index in [0.717, 1.165) is 62.8 Å². The molecule has 7 heteroatoms. The lowest BCUT2D eigenvalue weighted by Crippen LogP contribution is -2.47. The van der Waals surface area contributed by atoms with Gasteiger partial charge in [-0.25, -0.2) is 4.68 Å². The van der Waals surface area contributed by atoms with Crippen molar-refractivity contribution in [2.75, 3.05) is 44.2 Å². The standard InChI is InChI=1S/C27H33N5O2/c33-25(18-29-10-9-20-3-1-2-4-21(20)17-29)19-32-27(34)26-8-7-24(15-22(26)16-28-32)31-13-11-30(12-14-31)23-5-6-23/h1-4,7-8,15-16,23,25,33H,5-6,9-14,17-19H2/t25-/m1/s1. The lowest BCUT2D eigenvalue weighted by Gasteiger charge is -2.36. The van der Waals surface area contributed by atoms with Gasteiger partial charge in [0.25, 0.3) is 5.56 Å². The Kier molecular flexibility index (Phi) is 5.85. The van der Waals surface area contributed by atoms with E-state index >= 15 is 0 Å². The smallest absolute Gasteiger partial charge is 0.274 e. The monoisotopic (exact) mass is 459 g/mol. The molecule has 3 heterocycles. The first-order valence-electron chi connectivity index (χ1n) is 12.6. The van der Waals surface area contributed by atoms with Gasteiger partial charge in [0, 0.05) is 62.9 Å². The van der Waals surface area contributed by atoms with Crippen LogP contribution in [0.1, 0.15) is 24.0 Å². The van der Waals surface area contributed by atoms with Gasteiger partial charge in [-0.15, -0.1) is 0 Å². The number of aliphatic hydroxyl groups is 1. The summed E-state index contributed by atoms with van der Waals surface area (Å²) >= 11 is 0. The molecule has 3 aliphatic rings. The van der Waals surface area contributed by atoms with E-state index in [1.165, 1.54) is 28.7 Å². The molecule has 34 heavy (non-hydrogen) atoms. The van der Waals surface area contributed by atoms with Crippen molar-refractivity contribution in [1.82, 2.24) is 19.6 Å². The third-order valence-electron chi connectivity index (χ3n) is 7.64. The Morgan fingerprint density at radius 1 is 0.971 bits per heavy atom. The number of fused-ring (bicyclic) bond motifs is 2. The molecule has 1 saturated heterocycles. The van der Waals surface area contributed by atoms with E-state index in [-0.39, 0.29) is 12.1 Å². The molecule has 0 spiro atoms. The van der Waals surface area contributed by atoms with Crippen LogP contribution in [0.5, 0.6) is 0 Å². The molecule has 0 bridgehead atoms. The first kappa shape index (κ1) is 21.8. The van der Waals surface area contributed by atoms with Crippen molar-refractivity contribution in [2.45, 2.75) is 44.5 Å². The first-order valence-corrected chi connectivity index (χ1v) is 12.6. The molecular weight excluding hydrogens is 426 g/mol. The van der Waals surface area contributed by atoms with Gasteiger partial charge in [0.15, 0.2) is 0 Å². The van der Waals surface area contributed by atoms with E-state index in [1.54, 1.807) is 6.20 Å². The maximum atomic E-state index is 13.1. The molecule has 1 N–H and O–H groups in total. The minimum absolute atomic E-state index is 0.134. The van der Waals surface area contributed by atoms with Crippen LogP contribution < -0.4 is 10.5 Å². The summed E-state index contributed by atoms with van der Waals surface area (Å²) in [6.45, 7) is 6.78. The highest BCUT2D eigenvalue weighted by molar-refractivity contribution is 5.84. The van der Waals surface area contributed by atoms with Crippen LogP contribution in [0.25, 0.3) is 10.8 Å². The van der Waals surface area contributed by atoms with Crippen LogP contribution >= 0.6 is 0 Å². The van der Waals surface area contributed by atoms with Crippen molar-refractivity contribution in [3.05, 3.63) is 70.1 Å². The topological polar surface area (TPSA) is 64.8 Å². The van der Waals surface area contributed by atoms with Crippen molar-refractivity contribution in [1.29, 1.82) is 0 Å². The summed E-state index contributed by atoms with van der Waals surface area (Å²) in [7, 11) is 0. The van der Waals surface area contributed by atoms with Gasteiger partial charge in [0.05, 0.1) is 24.2 Å². The van der Waals surface area contributed by atoms with Crippen LogP contribution in [-0.4, -0.2) is 76.1 Å². The van der Waals surface area contributed by atoms with E-state index in [9.17, 15) is 9.90 Å². The van der Waals surface area contributed by atoms with Gasteiger partial charge < -0.3 is 10.0 Å². The molecule has 0 radical (unpaired) electrons. The highest BCUT2D eigenvalue weighted by atomic mass is 16.3. The maximum absolute atomic E-state index is 13.1. The molecule has 2 aliphatic heterocycles. The van der Waals surface area contributed by atoms with Gasteiger partial charge in [-0.2, -0.15) is 5.10 Å². The maximum Gasteiger partial charge on any atom is 0.274 e. The van der Waals surface area contributed by atoms with Gasteiger partial charge >= 0.3 is 0 Å². The highest BCUT2D eigenvalue weighted by Gasteiger charge is 2.31. The summed E-state index contributed by atoms with van der Waals surface area (Å²) < 4.78 is 1.42. The second-order valence-electron chi connectivity index (χ2n) is 10.1. The predicted octanol–water partition coefficient (Wildman–Crippen LogP) is 2.10. The Labute approximate surface area is 200 Å². The summed E-state index contributed by atoms with van der Waals surface area (Å²) in [5.74, 6) is 0. The second kappa shape index (κ2) is 9.13. The molecule has 1 saturated carbocycles. The van der Waals surface area contributed by atoms with Gasteiger partial charge in [-0.3, -0.25) is 14.6 Å². The molecule has 2 aromatic carbocycles. The lowest BCUT2D eigenvalue weighted by atomic mass is 10.00. The van der Waals surface area contributed by atoms with E-state index < -0.39 is 6.10 Å². The molecule has 178 valence electrons. The normalized spacial score (nSPS) is 20.4. The molecular formula is C27H33N5O2. The van der Waals surface area contributed by atoms with Crippen molar-refractivity contribution >= 4 is 16.5 Å². The molecule has 2 fully saturated rings. The number of anilines is 1. The minimum atomic E-state index is -0.644. The van der Waals surface area contributed by atoms with Crippen molar-refractivity contribution < 1.29 is 5.11 Å². The van der Waals surface area contributed by atoms with E-state index in [4.69, 9.17) is 0 Å². The Bertz CT molecular complexity index is 1230. The van der Waals surface area contributed by atoms with Crippen molar-refractivity contribution in [2.24, 2.45) is 0 Å². The zero-order chi connectivity index (χ0) is 23.1. The quantitative estimate of drug-likeness (QED) is 0.609. The summed E-state index contributed by atoms with van der Waals surface area (Å²) in [4.78, 5) is 20.4. The summed E-state index contributed by atoms with van der Waals surface area (Å²) in [6.07, 6.45) is 4.83. The van der Waals surface area contributed by atoms with Crippen LogP contribution in [0.2, 0.25) is 0 Å². The third-order valence-corrected chi connectivity index (χ3v) is 7.64. The Hall–Kier alpha value is -2.74. The molecule has 1 aliphatic carbocycles. The number of aliphatic hydroxyl groups excluding tert-OH is 1. The number of benzene rings is 2. The van der Waals surface area contributed by atoms with Crippen molar-refractivity contribution in [3.8, 4) is 0 Å². The average Bonchev–Trinajstić information content (AvgIpc) is 3.71. The van der Waals surface area contributed by atoms with E-state index in [0.29, 0.717) is 11.9 Å². The average molecular weight is 460 g/mol. The fourth-order valence-electron chi connectivity index (χ4n) is 5.55. The minimum Gasteiger partial charge on any atom is -0.390 e. The Morgan fingerprint density at radius 3 is 2.56 bits per heavy atom. The second-order valence-corrected chi connectivity index (χ2v) is 10.1. The van der Waals surface area contributed by atoms with Gasteiger partial charge in [0.1, 0.15) is 0 Å². The van der Waals surface area contributed by atoms with Gasteiger partial charge in [-0.05, 0) is 48.6 Å². The Balaban J connectivity index is 1.11. The Morgan fingerprint density at radius 2 is 1.76 bits per heavy atom. The third kappa shape index (κ3) is 4.48. The zero-order valence-electron chi connectivity index (χ0n) is 19.6. The predicted molar refractivity (Wildman–Crippen MR) is 134 cm³/mol. The van der Waals surface area contributed by atoms with Crippen LogP contribution in [0.15, 0.2) is 53.5 Å². The SMILES string of the molecule is O=c1c2ccc(N3CCN(C4CC4)CC3)cc2cnn1C[C@H](O)CN1CCc2ccccc2C1. The molecule has 7 nitrogen and oxygen atoms in total. The summed E-state index contributed by atoms with van der Waals surface area (Å²) in [6, 6.07) is 15.4.